The van der Waals surface area contributed by atoms with E-state index in [0.29, 0.717) is 12.1 Å². The Labute approximate surface area is 127 Å². The smallest absolute Gasteiger partial charge is 0.339 e. The molecule has 3 nitrogen and oxygen atoms in total. The summed E-state index contributed by atoms with van der Waals surface area (Å²) in [6.45, 7) is 0.577. The SMILES string of the molecule is O=C(OCCl)c1ccc(N(Cl)Cc2ccccc2)cc1. The van der Waals surface area contributed by atoms with Gasteiger partial charge in [-0.2, -0.15) is 0 Å². The molecule has 0 aliphatic carbocycles. The molecule has 0 aromatic heterocycles. The van der Waals surface area contributed by atoms with Crippen molar-refractivity contribution in [2.75, 3.05) is 10.5 Å². The van der Waals surface area contributed by atoms with E-state index in [0.717, 1.165) is 11.3 Å². The molecular weight excluding hydrogens is 297 g/mol. The summed E-state index contributed by atoms with van der Waals surface area (Å²) >= 11 is 11.6. The van der Waals surface area contributed by atoms with Gasteiger partial charge in [0.15, 0.2) is 6.07 Å². The summed E-state index contributed by atoms with van der Waals surface area (Å²) in [7, 11) is 0. The highest BCUT2D eigenvalue weighted by molar-refractivity contribution is 6.25. The predicted octanol–water partition coefficient (Wildman–Crippen LogP) is 4.20. The number of alkyl halides is 1. The lowest BCUT2D eigenvalue weighted by Crippen LogP contribution is -2.10. The molecule has 0 radical (unpaired) electrons. The first kappa shape index (κ1) is 14.7. The molecule has 5 heteroatoms. The fourth-order valence-electron chi connectivity index (χ4n) is 1.73. The van der Waals surface area contributed by atoms with Crippen LogP contribution in [0, 0.1) is 0 Å². The topological polar surface area (TPSA) is 29.5 Å². The average Bonchev–Trinajstić information content (AvgIpc) is 2.48. The summed E-state index contributed by atoms with van der Waals surface area (Å²) < 4.78 is 6.29. The van der Waals surface area contributed by atoms with Crippen molar-refractivity contribution in [1.29, 1.82) is 0 Å². The summed E-state index contributed by atoms with van der Waals surface area (Å²) in [5, 5.41) is 0. The van der Waals surface area contributed by atoms with Gasteiger partial charge < -0.3 is 4.74 Å². The normalized spacial score (nSPS) is 10.1. The molecule has 0 N–H and O–H groups in total. The van der Waals surface area contributed by atoms with Crippen LogP contribution in [0.5, 0.6) is 0 Å². The molecule has 0 fully saturated rings. The van der Waals surface area contributed by atoms with E-state index in [9.17, 15) is 4.79 Å². The van der Waals surface area contributed by atoms with Crippen LogP contribution in [0.1, 0.15) is 15.9 Å². The molecule has 0 heterocycles. The molecule has 0 saturated heterocycles. The van der Waals surface area contributed by atoms with Gasteiger partial charge in [-0.15, -0.1) is 0 Å². The van der Waals surface area contributed by atoms with Crippen LogP contribution < -0.4 is 4.42 Å². The van der Waals surface area contributed by atoms with Crippen molar-refractivity contribution in [1.82, 2.24) is 0 Å². The van der Waals surface area contributed by atoms with E-state index in [1.807, 2.05) is 30.3 Å². The van der Waals surface area contributed by atoms with Crippen molar-refractivity contribution in [3.05, 3.63) is 65.7 Å². The molecular formula is C15H13Cl2NO2. The van der Waals surface area contributed by atoms with E-state index in [1.165, 1.54) is 0 Å². The number of ether oxygens (including phenoxy) is 1. The van der Waals surface area contributed by atoms with Crippen molar-refractivity contribution in [2.45, 2.75) is 6.54 Å². The van der Waals surface area contributed by atoms with Gasteiger partial charge in [0.2, 0.25) is 0 Å². The number of halogens is 2. The lowest BCUT2D eigenvalue weighted by molar-refractivity contribution is 0.0574. The lowest BCUT2D eigenvalue weighted by Gasteiger charge is -2.16. The highest BCUT2D eigenvalue weighted by Gasteiger charge is 2.08. The number of esters is 1. The maximum atomic E-state index is 11.5. The van der Waals surface area contributed by atoms with E-state index in [1.54, 1.807) is 28.7 Å². The van der Waals surface area contributed by atoms with Crippen LogP contribution in [-0.2, 0) is 11.3 Å². The molecule has 2 aromatic carbocycles. The molecule has 0 amide bonds. The highest BCUT2D eigenvalue weighted by atomic mass is 35.5. The Hall–Kier alpha value is -1.71. The Morgan fingerprint density at radius 2 is 1.70 bits per heavy atom. The molecule has 2 aromatic rings. The number of rotatable bonds is 5. The van der Waals surface area contributed by atoms with Crippen molar-refractivity contribution < 1.29 is 9.53 Å². The van der Waals surface area contributed by atoms with Gasteiger partial charge in [0.25, 0.3) is 0 Å². The molecule has 2 rings (SSSR count). The van der Waals surface area contributed by atoms with Crippen LogP contribution in [0.4, 0.5) is 5.69 Å². The number of hydrogen-bond acceptors (Lipinski definition) is 3. The summed E-state index contributed by atoms with van der Waals surface area (Å²) in [6, 6.07) is 16.6. The van der Waals surface area contributed by atoms with Gasteiger partial charge in [-0.05, 0) is 29.8 Å². The second-order valence-corrected chi connectivity index (χ2v) is 4.72. The Morgan fingerprint density at radius 3 is 2.30 bits per heavy atom. The zero-order valence-corrected chi connectivity index (χ0v) is 12.1. The third-order valence-electron chi connectivity index (χ3n) is 2.73. The van der Waals surface area contributed by atoms with Crippen LogP contribution in [0.15, 0.2) is 54.6 Å². The zero-order chi connectivity index (χ0) is 14.4. The summed E-state index contributed by atoms with van der Waals surface area (Å²) in [6.07, 6.45) is 0. The Kier molecular flexibility index (Phi) is 5.27. The fourth-order valence-corrected chi connectivity index (χ4v) is 2.08. The first-order valence-electron chi connectivity index (χ1n) is 6.01. The molecule has 0 spiro atoms. The van der Waals surface area contributed by atoms with Gasteiger partial charge >= 0.3 is 5.97 Å². The van der Waals surface area contributed by atoms with Gasteiger partial charge in [0.1, 0.15) is 0 Å². The van der Waals surface area contributed by atoms with Crippen LogP contribution in [0.25, 0.3) is 0 Å². The third-order valence-corrected chi connectivity index (χ3v) is 3.16. The first-order valence-corrected chi connectivity index (χ1v) is 6.88. The monoisotopic (exact) mass is 309 g/mol. The minimum absolute atomic E-state index is 0.157. The van der Waals surface area contributed by atoms with Crippen LogP contribution in [0.3, 0.4) is 0 Å². The average molecular weight is 310 g/mol. The second kappa shape index (κ2) is 7.17. The lowest BCUT2D eigenvalue weighted by atomic mass is 10.2. The minimum Gasteiger partial charge on any atom is -0.446 e. The molecule has 0 aliphatic rings. The van der Waals surface area contributed by atoms with Gasteiger partial charge in [0, 0.05) is 11.8 Å². The van der Waals surface area contributed by atoms with E-state index in [4.69, 9.17) is 28.1 Å². The summed E-state index contributed by atoms with van der Waals surface area (Å²) in [5.74, 6) is -0.448. The first-order chi connectivity index (χ1) is 9.70. The Morgan fingerprint density at radius 1 is 1.05 bits per heavy atom. The number of hydrogen-bond donors (Lipinski definition) is 0. The highest BCUT2D eigenvalue weighted by Crippen LogP contribution is 2.20. The number of carbonyl (C=O) groups excluding carboxylic acids is 1. The third kappa shape index (κ3) is 3.89. The van der Waals surface area contributed by atoms with Crippen LogP contribution in [-0.4, -0.2) is 12.0 Å². The standard InChI is InChI=1S/C15H13Cl2NO2/c16-11-20-15(19)13-6-8-14(9-7-13)18(17)10-12-4-2-1-3-5-12/h1-9H,10-11H2. The fraction of sp³-hybridized carbons (Fsp3) is 0.133. The quantitative estimate of drug-likeness (QED) is 0.471. The minimum atomic E-state index is -0.448. The van der Waals surface area contributed by atoms with Gasteiger partial charge in [-0.1, -0.05) is 41.9 Å². The molecule has 0 aliphatic heterocycles. The van der Waals surface area contributed by atoms with Crippen molar-refractivity contribution >= 4 is 35.0 Å². The Balaban J connectivity index is 2.04. The van der Waals surface area contributed by atoms with Crippen LogP contribution in [0.2, 0.25) is 0 Å². The molecule has 20 heavy (non-hydrogen) atoms. The van der Waals surface area contributed by atoms with Crippen LogP contribution >= 0.6 is 23.4 Å². The predicted molar refractivity (Wildman–Crippen MR) is 81.1 cm³/mol. The van der Waals surface area contributed by atoms with E-state index >= 15 is 0 Å². The van der Waals surface area contributed by atoms with E-state index in [2.05, 4.69) is 0 Å². The van der Waals surface area contributed by atoms with Crippen molar-refractivity contribution in [3.63, 3.8) is 0 Å². The molecule has 0 saturated carbocycles. The zero-order valence-electron chi connectivity index (χ0n) is 10.6. The van der Waals surface area contributed by atoms with Crippen molar-refractivity contribution in [3.8, 4) is 0 Å². The molecule has 0 unspecified atom stereocenters. The second-order valence-electron chi connectivity index (χ2n) is 4.09. The number of carbonyl (C=O) groups is 1. The molecule has 0 bridgehead atoms. The largest absolute Gasteiger partial charge is 0.446 e. The Bertz CT molecular complexity index is 558. The maximum absolute atomic E-state index is 11.5. The molecule has 0 atom stereocenters. The van der Waals surface area contributed by atoms with E-state index in [-0.39, 0.29) is 6.07 Å². The number of anilines is 1. The van der Waals surface area contributed by atoms with E-state index < -0.39 is 5.97 Å². The summed E-state index contributed by atoms with van der Waals surface area (Å²) in [5.41, 5.74) is 2.35. The summed E-state index contributed by atoms with van der Waals surface area (Å²) in [4.78, 5) is 11.5. The number of nitrogens with zero attached hydrogens (tertiary/aromatic N) is 1. The van der Waals surface area contributed by atoms with Gasteiger partial charge in [0.05, 0.1) is 17.8 Å². The van der Waals surface area contributed by atoms with Crippen molar-refractivity contribution in [2.24, 2.45) is 0 Å². The number of benzene rings is 2. The van der Waals surface area contributed by atoms with Gasteiger partial charge in [-0.3, -0.25) is 4.42 Å². The molecule has 104 valence electrons. The van der Waals surface area contributed by atoms with Gasteiger partial charge in [-0.25, -0.2) is 4.79 Å². The maximum Gasteiger partial charge on any atom is 0.339 e.